The van der Waals surface area contributed by atoms with E-state index in [4.69, 9.17) is 15.2 Å². The van der Waals surface area contributed by atoms with Crippen LogP contribution < -0.4 is 15.8 Å². The first-order valence-electron chi connectivity index (χ1n) is 8.42. The van der Waals surface area contributed by atoms with Crippen molar-refractivity contribution in [2.75, 3.05) is 20.8 Å². The summed E-state index contributed by atoms with van der Waals surface area (Å²) < 4.78 is 10.5. The number of hydrogen-bond acceptors (Lipinski definition) is 7. The fourth-order valence-corrected chi connectivity index (χ4v) is 4.54. The number of thiophene rings is 1. The van der Waals surface area contributed by atoms with Crippen LogP contribution in [0.2, 0.25) is 0 Å². The Balaban J connectivity index is 0.00000243. The summed E-state index contributed by atoms with van der Waals surface area (Å²) >= 11 is 1.36. The van der Waals surface area contributed by atoms with Gasteiger partial charge in [0.15, 0.2) is 5.82 Å². The van der Waals surface area contributed by atoms with Crippen LogP contribution in [0, 0.1) is 12.8 Å². The average molecular weight is 401 g/mol. The van der Waals surface area contributed by atoms with Gasteiger partial charge in [0.2, 0.25) is 5.88 Å². The quantitative estimate of drug-likeness (QED) is 0.772. The Bertz CT molecular complexity index is 783. The van der Waals surface area contributed by atoms with Gasteiger partial charge in [-0.2, -0.15) is 4.98 Å². The molecule has 2 aromatic rings. The topological polar surface area (TPSA) is 99.4 Å². The van der Waals surface area contributed by atoms with Gasteiger partial charge in [0, 0.05) is 13.2 Å². The van der Waals surface area contributed by atoms with Crippen molar-refractivity contribution in [3.63, 3.8) is 0 Å². The molecule has 0 radical (unpaired) electrons. The Hall–Kier alpha value is -1.48. The van der Waals surface area contributed by atoms with Gasteiger partial charge in [0.05, 0.1) is 17.4 Å². The molecule has 26 heavy (non-hydrogen) atoms. The number of methoxy groups -OCH3 is 2. The van der Waals surface area contributed by atoms with Crippen LogP contribution in [-0.4, -0.2) is 42.7 Å². The van der Waals surface area contributed by atoms with E-state index in [0.717, 1.165) is 35.0 Å². The molecule has 7 nitrogen and oxygen atoms in total. The third-order valence-electron chi connectivity index (χ3n) is 4.75. The standard InChI is InChI=1S/C17H24N4O3S.ClH/c1-9-13-16(24-3)20-12(8-23-2)21-17(13)25-14(9)15(22)19-11-6-4-5-10(11)7-18;/h10-11H,4-8,18H2,1-3H3,(H,19,22);1H. The van der Waals surface area contributed by atoms with Gasteiger partial charge in [-0.3, -0.25) is 4.79 Å². The van der Waals surface area contributed by atoms with E-state index in [0.29, 0.717) is 35.7 Å². The van der Waals surface area contributed by atoms with Crippen molar-refractivity contribution in [2.24, 2.45) is 11.7 Å². The monoisotopic (exact) mass is 400 g/mol. The molecular weight excluding hydrogens is 376 g/mol. The van der Waals surface area contributed by atoms with Gasteiger partial charge in [0.1, 0.15) is 11.4 Å². The molecule has 0 bridgehead atoms. The van der Waals surface area contributed by atoms with Gasteiger partial charge in [-0.15, -0.1) is 23.7 Å². The maximum atomic E-state index is 12.8. The van der Waals surface area contributed by atoms with E-state index in [1.54, 1.807) is 14.2 Å². The molecule has 9 heteroatoms. The Morgan fingerprint density at radius 2 is 2.12 bits per heavy atom. The number of carbonyl (C=O) groups excluding carboxylic acids is 1. The Labute approximate surface area is 163 Å². The van der Waals surface area contributed by atoms with Crippen molar-refractivity contribution in [1.82, 2.24) is 15.3 Å². The van der Waals surface area contributed by atoms with Crippen LogP contribution in [0.1, 0.15) is 40.3 Å². The van der Waals surface area contributed by atoms with Crippen molar-refractivity contribution >= 4 is 39.9 Å². The number of aromatic nitrogens is 2. The van der Waals surface area contributed by atoms with Crippen molar-refractivity contribution in [1.29, 1.82) is 0 Å². The summed E-state index contributed by atoms with van der Waals surface area (Å²) in [5.41, 5.74) is 6.67. The van der Waals surface area contributed by atoms with E-state index in [2.05, 4.69) is 15.3 Å². The molecule has 2 unspecified atom stereocenters. The summed E-state index contributed by atoms with van der Waals surface area (Å²) in [5.74, 6) is 1.31. The first kappa shape index (κ1) is 20.8. The minimum Gasteiger partial charge on any atom is -0.480 e. The van der Waals surface area contributed by atoms with Crippen LogP contribution in [0.25, 0.3) is 10.2 Å². The summed E-state index contributed by atoms with van der Waals surface area (Å²) in [6.07, 6.45) is 3.17. The normalized spacial score (nSPS) is 19.4. The summed E-state index contributed by atoms with van der Waals surface area (Å²) in [7, 11) is 3.16. The number of amides is 1. The number of nitrogens with two attached hydrogens (primary N) is 1. The van der Waals surface area contributed by atoms with Crippen LogP contribution in [0.3, 0.4) is 0 Å². The number of rotatable bonds is 6. The van der Waals surface area contributed by atoms with E-state index in [9.17, 15) is 4.79 Å². The first-order valence-corrected chi connectivity index (χ1v) is 9.24. The molecule has 2 aromatic heterocycles. The SMILES string of the molecule is COCc1nc(OC)c2c(C)c(C(=O)NC3CCCC3CN)sc2n1.Cl. The van der Waals surface area contributed by atoms with Gasteiger partial charge in [-0.25, -0.2) is 4.98 Å². The Kier molecular flexibility index (Phi) is 7.16. The highest BCUT2D eigenvalue weighted by atomic mass is 35.5. The van der Waals surface area contributed by atoms with Crippen molar-refractivity contribution in [3.8, 4) is 5.88 Å². The molecular formula is C17H25ClN4O3S. The number of hydrogen-bond donors (Lipinski definition) is 2. The minimum atomic E-state index is -0.0683. The molecule has 0 aromatic carbocycles. The lowest BCUT2D eigenvalue weighted by atomic mass is 10.0. The first-order chi connectivity index (χ1) is 12.1. The zero-order valence-electron chi connectivity index (χ0n) is 15.2. The molecule has 1 fully saturated rings. The molecule has 0 saturated heterocycles. The maximum absolute atomic E-state index is 12.8. The molecule has 144 valence electrons. The Morgan fingerprint density at radius 3 is 2.77 bits per heavy atom. The number of nitrogens with one attached hydrogen (secondary N) is 1. The predicted octanol–water partition coefficient (Wildman–Crippen LogP) is 2.43. The van der Waals surface area contributed by atoms with Crippen molar-refractivity contribution in [2.45, 2.75) is 38.8 Å². The van der Waals surface area contributed by atoms with Crippen LogP contribution in [0.5, 0.6) is 5.88 Å². The van der Waals surface area contributed by atoms with E-state index < -0.39 is 0 Å². The molecule has 1 aliphatic carbocycles. The number of carbonyl (C=O) groups is 1. The smallest absolute Gasteiger partial charge is 0.261 e. The van der Waals surface area contributed by atoms with Crippen LogP contribution in [0.15, 0.2) is 0 Å². The molecule has 3 N–H and O–H groups in total. The third-order valence-corrected chi connectivity index (χ3v) is 5.94. The Morgan fingerprint density at radius 1 is 1.35 bits per heavy atom. The fourth-order valence-electron chi connectivity index (χ4n) is 3.45. The highest BCUT2D eigenvalue weighted by Crippen LogP contribution is 2.35. The summed E-state index contributed by atoms with van der Waals surface area (Å²) in [5, 5.41) is 3.94. The van der Waals surface area contributed by atoms with Crippen molar-refractivity contribution < 1.29 is 14.3 Å². The van der Waals surface area contributed by atoms with E-state index >= 15 is 0 Å². The molecule has 0 aliphatic heterocycles. The molecule has 3 rings (SSSR count). The summed E-state index contributed by atoms with van der Waals surface area (Å²) in [6, 6.07) is 0.152. The highest BCUT2D eigenvalue weighted by Gasteiger charge is 2.29. The summed E-state index contributed by atoms with van der Waals surface area (Å²) in [6.45, 7) is 2.81. The molecule has 1 aliphatic rings. The molecule has 0 spiro atoms. The summed E-state index contributed by atoms with van der Waals surface area (Å²) in [4.78, 5) is 23.1. The average Bonchev–Trinajstić information content (AvgIpc) is 3.18. The van der Waals surface area contributed by atoms with Gasteiger partial charge in [-0.1, -0.05) is 6.42 Å². The lowest BCUT2D eigenvalue weighted by molar-refractivity contribution is 0.0932. The molecule has 2 atom stereocenters. The van der Waals surface area contributed by atoms with Gasteiger partial charge < -0.3 is 20.5 Å². The minimum absolute atomic E-state index is 0. The van der Waals surface area contributed by atoms with Crippen LogP contribution >= 0.6 is 23.7 Å². The number of halogens is 1. The highest BCUT2D eigenvalue weighted by molar-refractivity contribution is 7.20. The number of fused-ring (bicyclic) bond motifs is 1. The van der Waals surface area contributed by atoms with Crippen molar-refractivity contribution in [3.05, 3.63) is 16.3 Å². The van der Waals surface area contributed by atoms with Gasteiger partial charge in [0.25, 0.3) is 5.91 Å². The largest absolute Gasteiger partial charge is 0.480 e. The number of ether oxygens (including phenoxy) is 2. The van der Waals surface area contributed by atoms with E-state index in [-0.39, 0.29) is 24.4 Å². The predicted molar refractivity (Wildman–Crippen MR) is 104 cm³/mol. The number of nitrogens with zero attached hydrogens (tertiary/aromatic N) is 2. The van der Waals surface area contributed by atoms with E-state index in [1.807, 2.05) is 6.92 Å². The van der Waals surface area contributed by atoms with E-state index in [1.165, 1.54) is 11.3 Å². The zero-order chi connectivity index (χ0) is 18.0. The number of aryl methyl sites for hydroxylation is 1. The van der Waals surface area contributed by atoms with Gasteiger partial charge >= 0.3 is 0 Å². The zero-order valence-corrected chi connectivity index (χ0v) is 16.8. The second kappa shape index (κ2) is 8.94. The van der Waals surface area contributed by atoms with Crippen LogP contribution in [-0.2, 0) is 11.3 Å². The molecule has 1 saturated carbocycles. The van der Waals surface area contributed by atoms with Gasteiger partial charge in [-0.05, 0) is 37.8 Å². The lowest BCUT2D eigenvalue weighted by Crippen LogP contribution is -2.39. The molecule has 1 amide bonds. The maximum Gasteiger partial charge on any atom is 0.261 e. The second-order valence-corrected chi connectivity index (χ2v) is 7.32. The lowest BCUT2D eigenvalue weighted by Gasteiger charge is -2.19. The fraction of sp³-hybridized carbons (Fsp3) is 0.588. The molecule has 2 heterocycles. The van der Waals surface area contributed by atoms with Crippen LogP contribution in [0.4, 0.5) is 0 Å². The third kappa shape index (κ3) is 3.93. The second-order valence-electron chi connectivity index (χ2n) is 6.33.